The molecular formula is C13H10F4N2O. The normalized spacial score (nSPS) is 11.4. The van der Waals surface area contributed by atoms with Gasteiger partial charge in [-0.05, 0) is 30.3 Å². The van der Waals surface area contributed by atoms with Gasteiger partial charge in [-0.3, -0.25) is 0 Å². The Hall–Kier alpha value is -2.15. The van der Waals surface area contributed by atoms with E-state index in [1.807, 2.05) is 0 Å². The van der Waals surface area contributed by atoms with Crippen molar-refractivity contribution in [3.8, 4) is 11.6 Å². The molecule has 2 N–H and O–H groups in total. The average Bonchev–Trinajstić information content (AvgIpc) is 2.40. The van der Waals surface area contributed by atoms with Crippen LogP contribution in [0.4, 0.5) is 17.6 Å². The van der Waals surface area contributed by atoms with E-state index >= 15 is 0 Å². The van der Waals surface area contributed by atoms with Crippen LogP contribution in [-0.4, -0.2) is 4.98 Å². The van der Waals surface area contributed by atoms with Crippen LogP contribution in [0.2, 0.25) is 0 Å². The summed E-state index contributed by atoms with van der Waals surface area (Å²) in [5.41, 5.74) is 4.96. The van der Waals surface area contributed by atoms with Crippen molar-refractivity contribution in [2.45, 2.75) is 12.7 Å². The third-order valence-corrected chi connectivity index (χ3v) is 2.51. The van der Waals surface area contributed by atoms with E-state index in [1.165, 1.54) is 0 Å². The van der Waals surface area contributed by atoms with Crippen LogP contribution in [0.3, 0.4) is 0 Å². The fourth-order valence-corrected chi connectivity index (χ4v) is 1.53. The van der Waals surface area contributed by atoms with Crippen molar-refractivity contribution >= 4 is 0 Å². The maximum Gasteiger partial charge on any atom is 0.416 e. The number of rotatable bonds is 3. The predicted octanol–water partition coefficient (Wildman–Crippen LogP) is 3.49. The standard InChI is InChI=1S/C13H10F4N2O/c14-10-5-8(6-18)12(19-7-10)20-11-3-1-9(2-4-11)13(15,16)17/h1-5,7H,6,18H2. The van der Waals surface area contributed by atoms with Crippen molar-refractivity contribution < 1.29 is 22.3 Å². The van der Waals surface area contributed by atoms with E-state index in [4.69, 9.17) is 10.5 Å². The van der Waals surface area contributed by atoms with Crippen molar-refractivity contribution in [3.63, 3.8) is 0 Å². The first-order valence-corrected chi connectivity index (χ1v) is 5.60. The van der Waals surface area contributed by atoms with Crippen molar-refractivity contribution in [3.05, 3.63) is 53.5 Å². The molecule has 0 aliphatic carbocycles. The molecule has 106 valence electrons. The molecule has 1 heterocycles. The molecule has 2 aromatic rings. The molecule has 0 aliphatic heterocycles. The van der Waals surface area contributed by atoms with E-state index in [2.05, 4.69) is 4.98 Å². The molecule has 0 atom stereocenters. The van der Waals surface area contributed by atoms with Gasteiger partial charge in [-0.1, -0.05) is 0 Å². The maximum absolute atomic E-state index is 13.0. The van der Waals surface area contributed by atoms with Gasteiger partial charge in [-0.2, -0.15) is 13.2 Å². The molecule has 0 radical (unpaired) electrons. The lowest BCUT2D eigenvalue weighted by atomic mass is 10.2. The van der Waals surface area contributed by atoms with E-state index in [1.54, 1.807) is 0 Å². The number of alkyl halides is 3. The van der Waals surface area contributed by atoms with E-state index in [-0.39, 0.29) is 18.2 Å². The summed E-state index contributed by atoms with van der Waals surface area (Å²) in [4.78, 5) is 3.72. The number of aromatic nitrogens is 1. The molecule has 2 rings (SSSR count). The smallest absolute Gasteiger partial charge is 0.416 e. The number of pyridine rings is 1. The summed E-state index contributed by atoms with van der Waals surface area (Å²) < 4.78 is 55.5. The van der Waals surface area contributed by atoms with Crippen LogP contribution in [0.25, 0.3) is 0 Å². The Morgan fingerprint density at radius 1 is 1.15 bits per heavy atom. The van der Waals surface area contributed by atoms with Gasteiger partial charge in [0, 0.05) is 12.1 Å². The van der Waals surface area contributed by atoms with Gasteiger partial charge in [0.2, 0.25) is 5.88 Å². The minimum absolute atomic E-state index is 0.000722. The van der Waals surface area contributed by atoms with E-state index in [0.717, 1.165) is 36.5 Å². The van der Waals surface area contributed by atoms with Crippen molar-refractivity contribution in [2.24, 2.45) is 5.73 Å². The first-order chi connectivity index (χ1) is 9.40. The Bertz CT molecular complexity index is 596. The molecule has 0 saturated heterocycles. The van der Waals surface area contributed by atoms with E-state index < -0.39 is 17.6 Å². The molecular weight excluding hydrogens is 276 g/mol. The second kappa shape index (κ2) is 5.46. The van der Waals surface area contributed by atoms with Gasteiger partial charge >= 0.3 is 6.18 Å². The van der Waals surface area contributed by atoms with Crippen LogP contribution in [0.5, 0.6) is 11.6 Å². The molecule has 0 unspecified atom stereocenters. The summed E-state index contributed by atoms with van der Waals surface area (Å²) in [6, 6.07) is 5.26. The zero-order valence-corrected chi connectivity index (χ0v) is 10.1. The molecule has 1 aromatic heterocycles. The number of nitrogens with zero attached hydrogens (tertiary/aromatic N) is 1. The molecule has 0 amide bonds. The van der Waals surface area contributed by atoms with Crippen LogP contribution in [0.15, 0.2) is 36.5 Å². The van der Waals surface area contributed by atoms with E-state index in [0.29, 0.717) is 5.56 Å². The molecule has 0 saturated carbocycles. The van der Waals surface area contributed by atoms with Gasteiger partial charge in [0.25, 0.3) is 0 Å². The van der Waals surface area contributed by atoms with Crippen LogP contribution < -0.4 is 10.5 Å². The fourth-order valence-electron chi connectivity index (χ4n) is 1.53. The molecule has 20 heavy (non-hydrogen) atoms. The summed E-state index contributed by atoms with van der Waals surface area (Å²) >= 11 is 0. The van der Waals surface area contributed by atoms with Crippen molar-refractivity contribution in [1.82, 2.24) is 4.98 Å². The summed E-state index contributed by atoms with van der Waals surface area (Å²) in [6.45, 7) is 0.000722. The van der Waals surface area contributed by atoms with Gasteiger partial charge in [0.05, 0.1) is 11.8 Å². The van der Waals surface area contributed by atoms with Crippen LogP contribution in [0.1, 0.15) is 11.1 Å². The zero-order chi connectivity index (χ0) is 14.8. The second-order valence-corrected chi connectivity index (χ2v) is 3.95. The highest BCUT2D eigenvalue weighted by molar-refractivity contribution is 5.34. The zero-order valence-electron chi connectivity index (χ0n) is 10.1. The summed E-state index contributed by atoms with van der Waals surface area (Å²) in [7, 11) is 0. The number of benzene rings is 1. The number of hydrogen-bond acceptors (Lipinski definition) is 3. The van der Waals surface area contributed by atoms with Crippen molar-refractivity contribution in [2.75, 3.05) is 0 Å². The number of ether oxygens (including phenoxy) is 1. The molecule has 0 spiro atoms. The molecule has 0 fully saturated rings. The lowest BCUT2D eigenvalue weighted by molar-refractivity contribution is -0.137. The summed E-state index contributed by atoms with van der Waals surface area (Å²) in [6.07, 6.45) is -3.46. The minimum atomic E-state index is -4.41. The fraction of sp³-hybridized carbons (Fsp3) is 0.154. The van der Waals surface area contributed by atoms with Gasteiger partial charge in [0.1, 0.15) is 11.6 Å². The Kier molecular flexibility index (Phi) is 3.89. The second-order valence-electron chi connectivity index (χ2n) is 3.95. The van der Waals surface area contributed by atoms with Gasteiger partial charge in [0.15, 0.2) is 0 Å². The quantitative estimate of drug-likeness (QED) is 0.879. The lowest BCUT2D eigenvalue weighted by Gasteiger charge is -2.10. The van der Waals surface area contributed by atoms with Crippen LogP contribution in [0, 0.1) is 5.82 Å². The van der Waals surface area contributed by atoms with Gasteiger partial charge in [-0.15, -0.1) is 0 Å². The monoisotopic (exact) mass is 286 g/mol. The van der Waals surface area contributed by atoms with Crippen molar-refractivity contribution in [1.29, 1.82) is 0 Å². The minimum Gasteiger partial charge on any atom is -0.439 e. The van der Waals surface area contributed by atoms with E-state index in [9.17, 15) is 17.6 Å². The summed E-state index contributed by atoms with van der Waals surface area (Å²) in [5, 5.41) is 0. The first kappa shape index (κ1) is 14.3. The Labute approximate surface area is 112 Å². The number of hydrogen-bond donors (Lipinski definition) is 1. The molecule has 1 aromatic carbocycles. The highest BCUT2D eigenvalue weighted by Gasteiger charge is 2.30. The van der Waals surface area contributed by atoms with Gasteiger partial charge < -0.3 is 10.5 Å². The molecule has 3 nitrogen and oxygen atoms in total. The highest BCUT2D eigenvalue weighted by atomic mass is 19.4. The predicted molar refractivity (Wildman–Crippen MR) is 63.6 cm³/mol. The Balaban J connectivity index is 2.22. The SMILES string of the molecule is NCc1cc(F)cnc1Oc1ccc(C(F)(F)F)cc1. The highest BCUT2D eigenvalue weighted by Crippen LogP contribution is 2.31. The largest absolute Gasteiger partial charge is 0.439 e. The Morgan fingerprint density at radius 3 is 2.35 bits per heavy atom. The molecule has 7 heteroatoms. The number of nitrogens with two attached hydrogens (primary N) is 1. The summed E-state index contributed by atoms with van der Waals surface area (Å²) in [5.74, 6) is -0.342. The number of halogens is 4. The molecule has 0 bridgehead atoms. The topological polar surface area (TPSA) is 48.1 Å². The Morgan fingerprint density at radius 2 is 1.80 bits per heavy atom. The third kappa shape index (κ3) is 3.24. The first-order valence-electron chi connectivity index (χ1n) is 5.60. The van der Waals surface area contributed by atoms with Gasteiger partial charge in [-0.25, -0.2) is 9.37 Å². The third-order valence-electron chi connectivity index (χ3n) is 2.51. The average molecular weight is 286 g/mol. The van der Waals surface area contributed by atoms with Crippen LogP contribution >= 0.6 is 0 Å². The lowest BCUT2D eigenvalue weighted by Crippen LogP contribution is -2.05. The van der Waals surface area contributed by atoms with Crippen LogP contribution in [-0.2, 0) is 12.7 Å². The molecule has 0 aliphatic rings. The maximum atomic E-state index is 13.0.